The van der Waals surface area contributed by atoms with Crippen molar-refractivity contribution in [1.29, 1.82) is 0 Å². The molecule has 0 aliphatic rings. The molecule has 2 N–H and O–H groups in total. The quantitative estimate of drug-likeness (QED) is 0.845. The third-order valence-corrected chi connectivity index (χ3v) is 3.91. The van der Waals surface area contributed by atoms with Gasteiger partial charge in [-0.15, -0.1) is 0 Å². The van der Waals surface area contributed by atoms with Gasteiger partial charge in [-0.1, -0.05) is 51.9 Å². The van der Waals surface area contributed by atoms with Crippen LogP contribution < -0.4 is 10.6 Å². The molecule has 0 heterocycles. The van der Waals surface area contributed by atoms with Crippen LogP contribution in [0.15, 0.2) is 46.9 Å². The van der Waals surface area contributed by atoms with Crippen LogP contribution in [-0.2, 0) is 6.54 Å². The Kier molecular flexibility index (Phi) is 4.78. The summed E-state index contributed by atoms with van der Waals surface area (Å²) in [5.74, 6) is 0. The van der Waals surface area contributed by atoms with E-state index in [0.717, 1.165) is 27.8 Å². The zero-order chi connectivity index (χ0) is 14.7. The van der Waals surface area contributed by atoms with Gasteiger partial charge in [0.05, 0.1) is 0 Å². The van der Waals surface area contributed by atoms with Crippen molar-refractivity contribution in [3.05, 3.63) is 63.6 Å². The molecule has 0 fully saturated rings. The minimum Gasteiger partial charge on any atom is -0.389 e. The predicted molar refractivity (Wildman–Crippen MR) is 93.3 cm³/mol. The van der Waals surface area contributed by atoms with E-state index < -0.39 is 0 Å². The number of nitrogens with two attached hydrogens (primary N) is 1. The lowest BCUT2D eigenvalue weighted by molar-refractivity contribution is 0.921. The molecule has 20 heavy (non-hydrogen) atoms. The Hall–Kier alpha value is -1.39. The average Bonchev–Trinajstić information content (AvgIpc) is 2.41. The van der Waals surface area contributed by atoms with Crippen LogP contribution >= 0.6 is 28.1 Å². The summed E-state index contributed by atoms with van der Waals surface area (Å²) in [7, 11) is 2.05. The van der Waals surface area contributed by atoms with E-state index >= 15 is 0 Å². The Labute approximate surface area is 133 Å². The highest BCUT2D eigenvalue weighted by Crippen LogP contribution is 2.23. The zero-order valence-electron chi connectivity index (χ0n) is 11.6. The Morgan fingerprint density at radius 2 is 1.85 bits per heavy atom. The van der Waals surface area contributed by atoms with Crippen molar-refractivity contribution in [2.45, 2.75) is 13.5 Å². The Morgan fingerprint density at radius 3 is 2.45 bits per heavy atom. The molecule has 0 spiro atoms. The van der Waals surface area contributed by atoms with Crippen LogP contribution in [0.3, 0.4) is 0 Å². The van der Waals surface area contributed by atoms with E-state index in [4.69, 9.17) is 18.0 Å². The summed E-state index contributed by atoms with van der Waals surface area (Å²) in [6.07, 6.45) is 0. The summed E-state index contributed by atoms with van der Waals surface area (Å²) in [6, 6.07) is 14.5. The van der Waals surface area contributed by atoms with Gasteiger partial charge in [0.1, 0.15) is 4.99 Å². The van der Waals surface area contributed by atoms with Gasteiger partial charge in [0, 0.05) is 29.3 Å². The molecule has 0 atom stereocenters. The van der Waals surface area contributed by atoms with Crippen LogP contribution in [-0.4, -0.2) is 12.0 Å². The lowest BCUT2D eigenvalue weighted by Gasteiger charge is -2.22. The van der Waals surface area contributed by atoms with Crippen LogP contribution in [0.5, 0.6) is 0 Å². The molecule has 0 amide bonds. The van der Waals surface area contributed by atoms with E-state index in [9.17, 15) is 0 Å². The Balaban J connectivity index is 2.27. The predicted octanol–water partition coefficient (Wildman–Crippen LogP) is 4.03. The highest BCUT2D eigenvalue weighted by Gasteiger charge is 2.10. The molecular weight excluding hydrogens is 332 g/mol. The summed E-state index contributed by atoms with van der Waals surface area (Å²) in [5, 5.41) is 0. The van der Waals surface area contributed by atoms with Crippen molar-refractivity contribution < 1.29 is 0 Å². The number of anilines is 1. The largest absolute Gasteiger partial charge is 0.389 e. The Bertz CT molecular complexity index is 623. The molecule has 2 rings (SSSR count). The summed E-state index contributed by atoms with van der Waals surface area (Å²) in [4.78, 5) is 2.60. The fourth-order valence-electron chi connectivity index (χ4n) is 2.13. The molecule has 0 radical (unpaired) electrons. The van der Waals surface area contributed by atoms with Gasteiger partial charge in [0.25, 0.3) is 0 Å². The smallest absolute Gasteiger partial charge is 0.106 e. The molecule has 2 nitrogen and oxygen atoms in total. The molecular formula is C16H17BrN2S. The third-order valence-electron chi connectivity index (χ3n) is 3.16. The van der Waals surface area contributed by atoms with Crippen molar-refractivity contribution in [2.75, 3.05) is 11.9 Å². The first kappa shape index (κ1) is 15.0. The topological polar surface area (TPSA) is 29.3 Å². The number of rotatable bonds is 4. The molecule has 0 bridgehead atoms. The summed E-state index contributed by atoms with van der Waals surface area (Å²) >= 11 is 8.60. The standard InChI is InChI=1S/C16H17BrN2S/c1-11-3-8-15(14(9-11)16(18)20)19(2)10-12-4-6-13(17)7-5-12/h3-9H,10H2,1-2H3,(H2,18,20). The van der Waals surface area contributed by atoms with Crippen molar-refractivity contribution in [2.24, 2.45) is 5.73 Å². The van der Waals surface area contributed by atoms with Gasteiger partial charge in [0.2, 0.25) is 0 Å². The number of nitrogens with zero attached hydrogens (tertiary/aromatic N) is 1. The highest BCUT2D eigenvalue weighted by molar-refractivity contribution is 9.10. The first-order valence-electron chi connectivity index (χ1n) is 6.33. The lowest BCUT2D eigenvalue weighted by Crippen LogP contribution is -2.21. The van der Waals surface area contributed by atoms with Crippen LogP contribution in [0.4, 0.5) is 5.69 Å². The van der Waals surface area contributed by atoms with Gasteiger partial charge >= 0.3 is 0 Å². The van der Waals surface area contributed by atoms with E-state index in [0.29, 0.717) is 4.99 Å². The second-order valence-corrected chi connectivity index (χ2v) is 6.22. The number of thiocarbonyl (C=S) groups is 1. The molecule has 0 aliphatic heterocycles. The monoisotopic (exact) mass is 348 g/mol. The summed E-state index contributed by atoms with van der Waals surface area (Å²) in [5.41, 5.74) is 10.2. The second-order valence-electron chi connectivity index (χ2n) is 4.87. The third kappa shape index (κ3) is 3.58. The fourth-order valence-corrected chi connectivity index (χ4v) is 2.56. The molecule has 0 saturated heterocycles. The first-order chi connectivity index (χ1) is 9.47. The molecule has 2 aromatic carbocycles. The van der Waals surface area contributed by atoms with Crippen molar-refractivity contribution in [3.63, 3.8) is 0 Å². The number of hydrogen-bond acceptors (Lipinski definition) is 2. The zero-order valence-corrected chi connectivity index (χ0v) is 14.0. The lowest BCUT2D eigenvalue weighted by atomic mass is 10.1. The van der Waals surface area contributed by atoms with E-state index in [1.165, 1.54) is 5.56 Å². The van der Waals surface area contributed by atoms with E-state index in [1.807, 2.05) is 25.1 Å². The maximum atomic E-state index is 5.83. The molecule has 0 aromatic heterocycles. The number of hydrogen-bond donors (Lipinski definition) is 1. The van der Waals surface area contributed by atoms with E-state index in [2.05, 4.69) is 52.1 Å². The van der Waals surface area contributed by atoms with Crippen LogP contribution in [0, 0.1) is 6.92 Å². The van der Waals surface area contributed by atoms with Crippen molar-refractivity contribution in [3.8, 4) is 0 Å². The van der Waals surface area contributed by atoms with Crippen LogP contribution in [0.25, 0.3) is 0 Å². The first-order valence-corrected chi connectivity index (χ1v) is 7.53. The minimum atomic E-state index is 0.436. The maximum Gasteiger partial charge on any atom is 0.106 e. The fraction of sp³-hybridized carbons (Fsp3) is 0.188. The van der Waals surface area contributed by atoms with Crippen LogP contribution in [0.1, 0.15) is 16.7 Å². The summed E-state index contributed by atoms with van der Waals surface area (Å²) in [6.45, 7) is 2.85. The number of aryl methyl sites for hydroxylation is 1. The van der Waals surface area contributed by atoms with Gasteiger partial charge in [-0.3, -0.25) is 0 Å². The Morgan fingerprint density at radius 1 is 1.20 bits per heavy atom. The highest BCUT2D eigenvalue weighted by atomic mass is 79.9. The van der Waals surface area contributed by atoms with Gasteiger partial charge in [-0.2, -0.15) is 0 Å². The minimum absolute atomic E-state index is 0.436. The molecule has 2 aromatic rings. The molecule has 0 saturated carbocycles. The molecule has 0 unspecified atom stereocenters. The van der Waals surface area contributed by atoms with Gasteiger partial charge in [-0.25, -0.2) is 0 Å². The van der Waals surface area contributed by atoms with Crippen molar-refractivity contribution in [1.82, 2.24) is 0 Å². The molecule has 4 heteroatoms. The molecule has 104 valence electrons. The van der Waals surface area contributed by atoms with Gasteiger partial charge in [0.15, 0.2) is 0 Å². The van der Waals surface area contributed by atoms with E-state index in [1.54, 1.807) is 0 Å². The number of halogens is 1. The summed E-state index contributed by atoms with van der Waals surface area (Å²) < 4.78 is 1.09. The second kappa shape index (κ2) is 6.37. The number of benzene rings is 2. The molecule has 0 aliphatic carbocycles. The van der Waals surface area contributed by atoms with E-state index in [-0.39, 0.29) is 0 Å². The van der Waals surface area contributed by atoms with Crippen molar-refractivity contribution >= 4 is 38.8 Å². The average molecular weight is 349 g/mol. The SMILES string of the molecule is Cc1ccc(N(C)Cc2ccc(Br)cc2)c(C(N)=S)c1. The van der Waals surface area contributed by atoms with Gasteiger partial charge in [-0.05, 0) is 36.8 Å². The van der Waals surface area contributed by atoms with Crippen LogP contribution in [0.2, 0.25) is 0 Å². The maximum absolute atomic E-state index is 5.83. The normalized spacial score (nSPS) is 10.3. The van der Waals surface area contributed by atoms with Gasteiger partial charge < -0.3 is 10.6 Å².